The number of thioether (sulfide) groups is 1. The first kappa shape index (κ1) is 44.5. The van der Waals surface area contributed by atoms with Crippen molar-refractivity contribution >= 4 is 27.0 Å². The number of hydrogen-bond donors (Lipinski definition) is 0. The molecule has 0 radical (unpaired) electrons. The summed E-state index contributed by atoms with van der Waals surface area (Å²) < 4.78 is 26.0. The molecular weight excluding hydrogens is 597 g/mol. The normalized spacial score (nSPS) is 13.2. The molecule has 0 bridgehead atoms. The first-order valence-corrected chi connectivity index (χ1v) is 19.1. The highest BCUT2D eigenvalue weighted by Gasteiger charge is 1.96. The summed E-state index contributed by atoms with van der Waals surface area (Å²) in [6, 6.07) is 0. The maximum Gasteiger partial charge on any atom is 0.264 e. The Labute approximate surface area is 281 Å². The molecule has 0 aromatic carbocycles. The van der Waals surface area contributed by atoms with Crippen LogP contribution in [0.25, 0.3) is 0 Å². The Morgan fingerprint density at radius 3 is 1.16 bits per heavy atom. The Balaban J connectivity index is 0. The van der Waals surface area contributed by atoms with Gasteiger partial charge >= 0.3 is 0 Å². The van der Waals surface area contributed by atoms with Gasteiger partial charge in [0.05, 0.1) is 12.9 Å². The van der Waals surface area contributed by atoms with Crippen LogP contribution in [-0.4, -0.2) is 32.1 Å². The number of unbranched alkanes of at least 4 members (excludes halogenated alkanes) is 2. The molecule has 0 fully saturated rings. The number of allylic oxidation sites excluding steroid dienone is 18. The van der Waals surface area contributed by atoms with Crippen molar-refractivity contribution in [3.05, 3.63) is 122 Å². The molecule has 0 N–H and O–H groups in total. The van der Waals surface area contributed by atoms with E-state index < -0.39 is 10.1 Å². The molecular formula is C39H60O4S2. The maximum atomic E-state index is 10.7. The van der Waals surface area contributed by atoms with Gasteiger partial charge in [-0.3, -0.25) is 8.98 Å². The van der Waals surface area contributed by atoms with Crippen LogP contribution in [-0.2, 0) is 19.1 Å². The van der Waals surface area contributed by atoms with Gasteiger partial charge in [0, 0.05) is 12.7 Å². The van der Waals surface area contributed by atoms with Gasteiger partial charge in [0.2, 0.25) is 0 Å². The molecule has 0 aliphatic rings. The zero-order chi connectivity index (χ0) is 33.5. The Morgan fingerprint density at radius 1 is 0.511 bits per heavy atom. The molecule has 0 amide bonds. The van der Waals surface area contributed by atoms with Crippen molar-refractivity contribution < 1.29 is 17.4 Å². The van der Waals surface area contributed by atoms with E-state index in [0.29, 0.717) is 0 Å². The van der Waals surface area contributed by atoms with Crippen LogP contribution in [0.15, 0.2) is 122 Å². The van der Waals surface area contributed by atoms with Gasteiger partial charge in [-0.05, 0) is 77.0 Å². The highest BCUT2D eigenvalue weighted by atomic mass is 32.2. The molecule has 0 saturated carbocycles. The Hall–Kier alpha value is -2.67. The second kappa shape index (κ2) is 37.5. The summed E-state index contributed by atoms with van der Waals surface area (Å²) in [6.07, 6.45) is 56.2. The molecule has 0 unspecified atom stereocenters. The van der Waals surface area contributed by atoms with Gasteiger partial charge in [0.1, 0.15) is 0 Å². The molecule has 0 aliphatic carbocycles. The third kappa shape index (κ3) is 48.4. The lowest BCUT2D eigenvalue weighted by atomic mass is 10.2. The van der Waals surface area contributed by atoms with Crippen LogP contribution in [0.1, 0.15) is 97.8 Å². The summed E-state index contributed by atoms with van der Waals surface area (Å²) in [5, 5.41) is 0.184. The molecule has 0 aliphatic heterocycles. The fraction of sp³-hybridized carbons (Fsp3) is 0.462. The molecule has 0 saturated heterocycles. The van der Waals surface area contributed by atoms with E-state index in [-0.39, 0.29) is 11.7 Å². The van der Waals surface area contributed by atoms with E-state index in [1.807, 2.05) is 6.08 Å². The summed E-state index contributed by atoms with van der Waals surface area (Å²) in [6.45, 7) is 6.02. The monoisotopic (exact) mass is 656 g/mol. The standard InChI is InChI=1S/C20H30OS.C19H30O3S/c1-3-4-5-6-7-8-9-10-11-12-13-14-15-16-17-18-19-22-20(2)21;1-3-4-5-6-7-8-9-10-11-12-13-14-15-16-17-18-19-22-23(2,20)21/h4-5,7-8,10-11,13-14,17-18H,3,6,9,12,15-16,19H2,1-2H3;4-5,7-8,10-11,13-14,17-18H,3,6,9,12,15-16,19H2,1-2H3/b2*5-4-,8-7-,11-10-,14-13-,18-17+. The zero-order valence-electron chi connectivity index (χ0n) is 28.4. The highest BCUT2D eigenvalue weighted by Crippen LogP contribution is 2.03. The van der Waals surface area contributed by atoms with Crippen molar-refractivity contribution in [2.75, 3.05) is 18.6 Å². The topological polar surface area (TPSA) is 60.4 Å². The smallest absolute Gasteiger partial charge is 0.264 e. The average Bonchev–Trinajstić information content (AvgIpc) is 3.00. The molecule has 0 spiro atoms. The van der Waals surface area contributed by atoms with Gasteiger partial charge in [0.15, 0.2) is 5.12 Å². The van der Waals surface area contributed by atoms with E-state index in [1.165, 1.54) is 11.8 Å². The summed E-state index contributed by atoms with van der Waals surface area (Å²) in [7, 11) is -3.33. The zero-order valence-corrected chi connectivity index (χ0v) is 30.0. The van der Waals surface area contributed by atoms with Gasteiger partial charge in [0.25, 0.3) is 10.1 Å². The van der Waals surface area contributed by atoms with E-state index in [9.17, 15) is 13.2 Å². The molecule has 0 heterocycles. The van der Waals surface area contributed by atoms with Crippen molar-refractivity contribution in [3.8, 4) is 0 Å². The van der Waals surface area contributed by atoms with Crippen LogP contribution in [0, 0.1) is 0 Å². The highest BCUT2D eigenvalue weighted by molar-refractivity contribution is 8.13. The van der Waals surface area contributed by atoms with Gasteiger partial charge in [-0.25, -0.2) is 0 Å². The van der Waals surface area contributed by atoms with Gasteiger partial charge in [-0.1, -0.05) is 147 Å². The molecule has 4 nitrogen and oxygen atoms in total. The minimum atomic E-state index is -3.33. The second-order valence-electron chi connectivity index (χ2n) is 9.89. The van der Waals surface area contributed by atoms with Crippen molar-refractivity contribution in [2.24, 2.45) is 0 Å². The lowest BCUT2D eigenvalue weighted by Crippen LogP contribution is -2.01. The van der Waals surface area contributed by atoms with Gasteiger partial charge < -0.3 is 0 Å². The van der Waals surface area contributed by atoms with Crippen LogP contribution < -0.4 is 0 Å². The molecule has 6 heteroatoms. The minimum Gasteiger partial charge on any atom is -0.288 e. The fourth-order valence-electron chi connectivity index (χ4n) is 3.28. The SMILES string of the molecule is CC/C=C\C/C=C\C/C=C\C/C=C\CC/C=C/COS(C)(=O)=O.CC/C=C\C/C=C\C/C=C\C/C=C\CC/C=C/CSC(C)=O. The number of carbonyl (C=O) groups is 1. The van der Waals surface area contributed by atoms with Crippen LogP contribution in [0.4, 0.5) is 0 Å². The predicted octanol–water partition coefficient (Wildman–Crippen LogP) is 11.5. The Bertz CT molecular complexity index is 1080. The summed E-state index contributed by atoms with van der Waals surface area (Å²) in [5.41, 5.74) is 0. The van der Waals surface area contributed by atoms with Crippen LogP contribution in [0.5, 0.6) is 0 Å². The van der Waals surface area contributed by atoms with E-state index in [0.717, 1.165) is 89.1 Å². The third-order valence-electron chi connectivity index (χ3n) is 5.53. The first-order valence-electron chi connectivity index (χ1n) is 16.3. The molecule has 45 heavy (non-hydrogen) atoms. The second-order valence-corrected chi connectivity index (χ2v) is 12.7. The van der Waals surface area contributed by atoms with Crippen LogP contribution in [0.3, 0.4) is 0 Å². The largest absolute Gasteiger partial charge is 0.288 e. The van der Waals surface area contributed by atoms with Crippen LogP contribution in [0.2, 0.25) is 0 Å². The molecule has 252 valence electrons. The molecule has 0 rings (SSSR count). The molecule has 0 atom stereocenters. The maximum absolute atomic E-state index is 10.7. The summed E-state index contributed by atoms with van der Waals surface area (Å²) >= 11 is 1.36. The van der Waals surface area contributed by atoms with E-state index in [2.05, 4.69) is 127 Å². The molecule has 0 aromatic heterocycles. The van der Waals surface area contributed by atoms with Crippen molar-refractivity contribution in [2.45, 2.75) is 97.8 Å². The minimum absolute atomic E-state index is 0.118. The third-order valence-corrected chi connectivity index (χ3v) is 6.86. The Kier molecular flexibility index (Phi) is 37.1. The number of hydrogen-bond acceptors (Lipinski definition) is 5. The first-order chi connectivity index (χ1) is 21.8. The number of rotatable bonds is 25. The number of carbonyl (C=O) groups excluding carboxylic acids is 1. The van der Waals surface area contributed by atoms with E-state index in [1.54, 1.807) is 13.0 Å². The molecule has 0 aromatic rings. The van der Waals surface area contributed by atoms with Gasteiger partial charge in [-0.2, -0.15) is 8.42 Å². The lowest BCUT2D eigenvalue weighted by molar-refractivity contribution is -0.109. The van der Waals surface area contributed by atoms with Crippen molar-refractivity contribution in [3.63, 3.8) is 0 Å². The fourth-order valence-corrected chi connectivity index (χ4v) is 4.07. The van der Waals surface area contributed by atoms with Crippen molar-refractivity contribution in [1.29, 1.82) is 0 Å². The average molecular weight is 657 g/mol. The summed E-state index contributed by atoms with van der Waals surface area (Å²) in [4.78, 5) is 10.7. The predicted molar refractivity (Wildman–Crippen MR) is 202 cm³/mol. The summed E-state index contributed by atoms with van der Waals surface area (Å²) in [5.74, 6) is 0.795. The Morgan fingerprint density at radius 2 is 0.822 bits per heavy atom. The quantitative estimate of drug-likeness (QED) is 0.0556. The van der Waals surface area contributed by atoms with E-state index in [4.69, 9.17) is 0 Å². The van der Waals surface area contributed by atoms with Crippen LogP contribution >= 0.6 is 11.8 Å². The van der Waals surface area contributed by atoms with Crippen molar-refractivity contribution in [1.82, 2.24) is 0 Å². The lowest BCUT2D eigenvalue weighted by Gasteiger charge is -1.94. The van der Waals surface area contributed by atoms with E-state index >= 15 is 0 Å². The van der Waals surface area contributed by atoms with Gasteiger partial charge in [-0.15, -0.1) is 0 Å².